The normalized spacial score (nSPS) is 11.3. The van der Waals surface area contributed by atoms with Crippen LogP contribution >= 0.6 is 22.6 Å². The number of alkyl carbamates (subject to hydrolysis) is 1. The number of nitrogens with one attached hydrogen (secondary N) is 1. The Morgan fingerprint density at radius 1 is 1.26 bits per heavy atom. The van der Waals surface area contributed by atoms with E-state index < -0.39 is 17.7 Å². The van der Waals surface area contributed by atoms with Crippen molar-refractivity contribution >= 4 is 45.6 Å². The SMILES string of the molecule is CCOC(=O)c1cn(CCNC(=O)OC(C)(C)C)c2ccc(I)cc2c1=O. The van der Waals surface area contributed by atoms with Gasteiger partial charge in [0.1, 0.15) is 11.2 Å². The van der Waals surface area contributed by atoms with Crippen LogP contribution in [0.15, 0.2) is 29.2 Å². The van der Waals surface area contributed by atoms with Crippen molar-refractivity contribution in [1.29, 1.82) is 0 Å². The van der Waals surface area contributed by atoms with E-state index in [9.17, 15) is 14.4 Å². The molecule has 1 aromatic heterocycles. The van der Waals surface area contributed by atoms with Crippen LogP contribution in [-0.4, -0.2) is 35.4 Å². The van der Waals surface area contributed by atoms with Gasteiger partial charge in [0.05, 0.1) is 12.1 Å². The average molecular weight is 486 g/mol. The van der Waals surface area contributed by atoms with Crippen LogP contribution in [0.5, 0.6) is 0 Å². The number of rotatable bonds is 5. The zero-order valence-corrected chi connectivity index (χ0v) is 18.0. The number of fused-ring (bicyclic) bond motifs is 1. The zero-order chi connectivity index (χ0) is 20.2. The second-order valence-electron chi connectivity index (χ2n) is 6.88. The van der Waals surface area contributed by atoms with Gasteiger partial charge in [-0.15, -0.1) is 0 Å². The van der Waals surface area contributed by atoms with E-state index in [1.807, 2.05) is 12.1 Å². The van der Waals surface area contributed by atoms with Crippen LogP contribution in [0.3, 0.4) is 0 Å². The molecule has 27 heavy (non-hydrogen) atoms. The topological polar surface area (TPSA) is 86.6 Å². The molecule has 2 rings (SSSR count). The Balaban J connectivity index is 2.32. The molecule has 0 spiro atoms. The summed E-state index contributed by atoms with van der Waals surface area (Å²) >= 11 is 2.11. The Labute approximate surface area is 171 Å². The Bertz CT molecular complexity index is 915. The third-order valence-electron chi connectivity index (χ3n) is 3.56. The Hall–Kier alpha value is -2.10. The molecule has 0 saturated heterocycles. The van der Waals surface area contributed by atoms with E-state index in [2.05, 4.69) is 27.9 Å². The summed E-state index contributed by atoms with van der Waals surface area (Å²) in [5.41, 5.74) is -0.288. The molecule has 8 heteroatoms. The van der Waals surface area contributed by atoms with Crippen LogP contribution in [0.1, 0.15) is 38.1 Å². The quantitative estimate of drug-likeness (QED) is 0.518. The summed E-state index contributed by atoms with van der Waals surface area (Å²) in [7, 11) is 0. The maximum absolute atomic E-state index is 12.7. The fourth-order valence-electron chi connectivity index (χ4n) is 2.50. The first kappa shape index (κ1) is 21.2. The molecule has 0 aliphatic rings. The molecule has 1 amide bonds. The van der Waals surface area contributed by atoms with Crippen LogP contribution in [0, 0.1) is 3.57 Å². The summed E-state index contributed by atoms with van der Waals surface area (Å²) in [5, 5.41) is 3.11. The molecule has 0 radical (unpaired) electrons. The third-order valence-corrected chi connectivity index (χ3v) is 4.23. The van der Waals surface area contributed by atoms with Crippen molar-refractivity contribution in [1.82, 2.24) is 9.88 Å². The lowest BCUT2D eigenvalue weighted by Crippen LogP contribution is -2.34. The van der Waals surface area contributed by atoms with Gasteiger partial charge in [0.25, 0.3) is 0 Å². The molecular weight excluding hydrogens is 463 g/mol. The minimum atomic E-state index is -0.655. The summed E-state index contributed by atoms with van der Waals surface area (Å²) in [6.07, 6.45) is 0.958. The van der Waals surface area contributed by atoms with Crippen LogP contribution in [0.4, 0.5) is 4.79 Å². The lowest BCUT2D eigenvalue weighted by atomic mass is 10.1. The lowest BCUT2D eigenvalue weighted by Gasteiger charge is -2.20. The van der Waals surface area contributed by atoms with E-state index in [-0.39, 0.29) is 24.1 Å². The molecule has 146 valence electrons. The number of hydrogen-bond acceptors (Lipinski definition) is 5. The second-order valence-corrected chi connectivity index (χ2v) is 8.12. The molecule has 7 nitrogen and oxygen atoms in total. The highest BCUT2D eigenvalue weighted by atomic mass is 127. The predicted octanol–water partition coefficient (Wildman–Crippen LogP) is 3.31. The number of benzene rings is 1. The average Bonchev–Trinajstić information content (AvgIpc) is 2.55. The molecule has 1 aromatic carbocycles. The maximum Gasteiger partial charge on any atom is 0.407 e. The number of hydrogen-bond donors (Lipinski definition) is 1. The van der Waals surface area contributed by atoms with E-state index in [1.54, 1.807) is 38.3 Å². The minimum absolute atomic E-state index is 0.0244. The van der Waals surface area contributed by atoms with Gasteiger partial charge in [-0.2, -0.15) is 0 Å². The highest BCUT2D eigenvalue weighted by Gasteiger charge is 2.18. The van der Waals surface area contributed by atoms with Gasteiger partial charge in [0, 0.05) is 28.2 Å². The van der Waals surface area contributed by atoms with Crippen LogP contribution in [0.2, 0.25) is 0 Å². The smallest absolute Gasteiger partial charge is 0.407 e. The molecule has 0 saturated carbocycles. The molecule has 0 bridgehead atoms. The number of nitrogens with zero attached hydrogens (tertiary/aromatic N) is 1. The lowest BCUT2D eigenvalue weighted by molar-refractivity contribution is 0.0511. The molecule has 1 heterocycles. The van der Waals surface area contributed by atoms with Crippen molar-refractivity contribution in [3.8, 4) is 0 Å². The Kier molecular flexibility index (Phi) is 6.85. The van der Waals surface area contributed by atoms with Crippen molar-refractivity contribution in [3.63, 3.8) is 0 Å². The van der Waals surface area contributed by atoms with Gasteiger partial charge in [0.15, 0.2) is 0 Å². The number of carbonyl (C=O) groups excluding carboxylic acids is 2. The van der Waals surface area contributed by atoms with Gasteiger partial charge in [-0.05, 0) is 68.5 Å². The molecule has 0 aliphatic heterocycles. The van der Waals surface area contributed by atoms with Gasteiger partial charge in [-0.25, -0.2) is 9.59 Å². The summed E-state index contributed by atoms with van der Waals surface area (Å²) in [6.45, 7) is 7.87. The third kappa shape index (κ3) is 5.69. The molecule has 0 unspecified atom stereocenters. The first-order valence-electron chi connectivity index (χ1n) is 8.59. The second kappa shape index (κ2) is 8.73. The monoisotopic (exact) mass is 486 g/mol. The molecular formula is C19H23IN2O5. The van der Waals surface area contributed by atoms with Crippen molar-refractivity contribution in [2.24, 2.45) is 0 Å². The number of carbonyl (C=O) groups is 2. The van der Waals surface area contributed by atoms with E-state index in [0.717, 1.165) is 3.57 Å². The molecule has 0 fully saturated rings. The Morgan fingerprint density at radius 3 is 2.59 bits per heavy atom. The minimum Gasteiger partial charge on any atom is -0.462 e. The molecule has 0 atom stereocenters. The number of pyridine rings is 1. The maximum atomic E-state index is 12.7. The molecule has 1 N–H and O–H groups in total. The number of amides is 1. The first-order chi connectivity index (χ1) is 12.6. The first-order valence-corrected chi connectivity index (χ1v) is 9.67. The number of esters is 1. The van der Waals surface area contributed by atoms with Gasteiger partial charge < -0.3 is 19.4 Å². The van der Waals surface area contributed by atoms with E-state index >= 15 is 0 Å². The van der Waals surface area contributed by atoms with Crippen molar-refractivity contribution < 1.29 is 19.1 Å². The fraction of sp³-hybridized carbons (Fsp3) is 0.421. The predicted molar refractivity (Wildman–Crippen MR) is 111 cm³/mol. The van der Waals surface area contributed by atoms with Gasteiger partial charge in [0.2, 0.25) is 5.43 Å². The van der Waals surface area contributed by atoms with Crippen LogP contribution < -0.4 is 10.7 Å². The van der Waals surface area contributed by atoms with Crippen LogP contribution in [0.25, 0.3) is 10.9 Å². The van der Waals surface area contributed by atoms with E-state index in [4.69, 9.17) is 9.47 Å². The van der Waals surface area contributed by atoms with Crippen molar-refractivity contribution in [3.05, 3.63) is 43.8 Å². The van der Waals surface area contributed by atoms with E-state index in [0.29, 0.717) is 17.4 Å². The summed E-state index contributed by atoms with van der Waals surface area (Å²) < 4.78 is 12.9. The summed E-state index contributed by atoms with van der Waals surface area (Å²) in [5.74, 6) is -0.655. The van der Waals surface area contributed by atoms with Crippen molar-refractivity contribution in [2.45, 2.75) is 39.8 Å². The zero-order valence-electron chi connectivity index (χ0n) is 15.8. The fourth-order valence-corrected chi connectivity index (χ4v) is 2.99. The summed E-state index contributed by atoms with van der Waals surface area (Å²) in [4.78, 5) is 36.6. The van der Waals surface area contributed by atoms with Gasteiger partial charge in [-0.3, -0.25) is 4.79 Å². The van der Waals surface area contributed by atoms with Crippen molar-refractivity contribution in [2.75, 3.05) is 13.2 Å². The van der Waals surface area contributed by atoms with E-state index in [1.165, 1.54) is 6.20 Å². The van der Waals surface area contributed by atoms with Gasteiger partial charge >= 0.3 is 12.1 Å². The number of halogens is 1. The number of aromatic nitrogens is 1. The standard InChI is InChI=1S/C19H23IN2O5/c1-5-26-17(24)14-11-22(9-8-21-18(25)27-19(2,3)4)15-7-6-12(20)10-13(15)16(14)23/h6-7,10-11H,5,8-9H2,1-4H3,(H,21,25). The number of ether oxygens (including phenoxy) is 2. The van der Waals surface area contributed by atoms with Crippen LogP contribution in [-0.2, 0) is 16.0 Å². The van der Waals surface area contributed by atoms with Gasteiger partial charge in [-0.1, -0.05) is 0 Å². The largest absolute Gasteiger partial charge is 0.462 e. The highest BCUT2D eigenvalue weighted by molar-refractivity contribution is 14.1. The Morgan fingerprint density at radius 2 is 1.96 bits per heavy atom. The summed E-state index contributed by atoms with van der Waals surface area (Å²) in [6, 6.07) is 5.43. The molecule has 2 aromatic rings. The highest BCUT2D eigenvalue weighted by Crippen LogP contribution is 2.16. The molecule has 0 aliphatic carbocycles.